The van der Waals surface area contributed by atoms with Crippen molar-refractivity contribution in [2.45, 2.75) is 20.4 Å². The fraction of sp³-hybridized carbons (Fsp3) is 0.700. The Labute approximate surface area is 96.5 Å². The van der Waals surface area contributed by atoms with Crippen LogP contribution in [0, 0.1) is 0 Å². The van der Waals surface area contributed by atoms with Gasteiger partial charge in [0.1, 0.15) is 18.9 Å². The summed E-state index contributed by atoms with van der Waals surface area (Å²) in [5.41, 5.74) is 0. The van der Waals surface area contributed by atoms with Crippen molar-refractivity contribution >= 4 is 7.60 Å². The van der Waals surface area contributed by atoms with Crippen LogP contribution in [0.3, 0.4) is 0 Å². The Morgan fingerprint density at radius 2 is 1.94 bits per heavy atom. The highest BCUT2D eigenvalue weighted by molar-refractivity contribution is 7.53. The normalized spacial score (nSPS) is 11.9. The summed E-state index contributed by atoms with van der Waals surface area (Å²) in [5, 5.41) is 0. The van der Waals surface area contributed by atoms with E-state index in [1.807, 2.05) is 48.8 Å². The first-order valence-electron chi connectivity index (χ1n) is 5.49. The van der Waals surface area contributed by atoms with E-state index in [-0.39, 0.29) is 0 Å². The van der Waals surface area contributed by atoms with Gasteiger partial charge in [-0.05, 0) is 13.8 Å². The van der Waals surface area contributed by atoms with Gasteiger partial charge in [-0.2, -0.15) is 0 Å². The third-order valence-corrected chi connectivity index (χ3v) is 4.16. The molecule has 0 aromatic carbocycles. The van der Waals surface area contributed by atoms with Gasteiger partial charge in [0.2, 0.25) is 6.33 Å². The summed E-state index contributed by atoms with van der Waals surface area (Å²) < 4.78 is 26.5. The van der Waals surface area contributed by atoms with Gasteiger partial charge < -0.3 is 9.05 Å². The van der Waals surface area contributed by atoms with Crippen molar-refractivity contribution in [1.29, 1.82) is 0 Å². The molecule has 0 bridgehead atoms. The molecule has 5 nitrogen and oxygen atoms in total. The molecule has 92 valence electrons. The molecule has 0 spiro atoms. The highest BCUT2D eigenvalue weighted by atomic mass is 31.2. The SMILES string of the molecule is CCOP(=O)(CC[n+]1ccn(C)c1)OCC. The molecule has 1 heterocycles. The van der Waals surface area contributed by atoms with Gasteiger partial charge in [0.05, 0.1) is 26.4 Å². The Morgan fingerprint density at radius 1 is 1.31 bits per heavy atom. The van der Waals surface area contributed by atoms with Crippen molar-refractivity contribution < 1.29 is 18.2 Å². The van der Waals surface area contributed by atoms with Crippen molar-refractivity contribution in [2.24, 2.45) is 7.05 Å². The molecule has 0 aliphatic carbocycles. The van der Waals surface area contributed by atoms with Crippen LogP contribution in [0.1, 0.15) is 13.8 Å². The summed E-state index contributed by atoms with van der Waals surface area (Å²) in [7, 11) is -0.960. The highest BCUT2D eigenvalue weighted by Gasteiger charge is 2.24. The van der Waals surface area contributed by atoms with Crippen molar-refractivity contribution in [2.75, 3.05) is 19.4 Å². The van der Waals surface area contributed by atoms with Crippen LogP contribution < -0.4 is 4.57 Å². The second kappa shape index (κ2) is 6.18. The quantitative estimate of drug-likeness (QED) is 0.542. The fourth-order valence-corrected chi connectivity index (χ4v) is 3.03. The lowest BCUT2D eigenvalue weighted by atomic mass is 10.7. The second-order valence-corrected chi connectivity index (χ2v) is 5.67. The topological polar surface area (TPSA) is 44.3 Å². The number of nitrogens with zero attached hydrogens (tertiary/aromatic N) is 2. The first-order valence-corrected chi connectivity index (χ1v) is 7.21. The molecular formula is C10H20N2O3P+. The molecule has 0 aliphatic rings. The number of hydrogen-bond acceptors (Lipinski definition) is 3. The van der Waals surface area contributed by atoms with E-state index < -0.39 is 7.60 Å². The van der Waals surface area contributed by atoms with E-state index >= 15 is 0 Å². The molecule has 0 unspecified atom stereocenters. The van der Waals surface area contributed by atoms with Gasteiger partial charge in [-0.3, -0.25) is 4.57 Å². The maximum absolute atomic E-state index is 12.1. The molecule has 1 aromatic rings. The average Bonchev–Trinajstić information content (AvgIpc) is 2.62. The van der Waals surface area contributed by atoms with Crippen molar-refractivity contribution in [1.82, 2.24) is 4.57 Å². The standard InChI is InChI=1S/C10H20N2O3P/c1-4-14-16(13,15-5-2)9-8-12-7-6-11(3)10-12/h6-7,10H,4-5,8-9H2,1-3H3/q+1. The molecule has 0 N–H and O–H groups in total. The minimum absolute atomic E-state index is 0.406. The van der Waals surface area contributed by atoms with Crippen molar-refractivity contribution in [3.05, 3.63) is 18.7 Å². The van der Waals surface area contributed by atoms with Gasteiger partial charge in [0.15, 0.2) is 0 Å². The number of aromatic nitrogens is 2. The lowest BCUT2D eigenvalue weighted by Crippen LogP contribution is -2.33. The molecule has 0 aliphatic heterocycles. The van der Waals surface area contributed by atoms with Gasteiger partial charge in [-0.25, -0.2) is 9.13 Å². The molecule has 1 aromatic heterocycles. The average molecular weight is 247 g/mol. The first-order chi connectivity index (χ1) is 7.59. The summed E-state index contributed by atoms with van der Waals surface area (Å²) in [5.74, 6) is 0. The monoisotopic (exact) mass is 247 g/mol. The predicted molar refractivity (Wildman–Crippen MR) is 61.3 cm³/mol. The maximum Gasteiger partial charge on any atom is 0.334 e. The molecule has 6 heteroatoms. The van der Waals surface area contributed by atoms with Crippen LogP contribution in [0.4, 0.5) is 0 Å². The van der Waals surface area contributed by atoms with Crippen molar-refractivity contribution in [3.63, 3.8) is 0 Å². The maximum atomic E-state index is 12.1. The van der Waals surface area contributed by atoms with Crippen LogP contribution in [0.5, 0.6) is 0 Å². The summed E-state index contributed by atoms with van der Waals surface area (Å²) in [6.07, 6.45) is 6.21. The van der Waals surface area contributed by atoms with Crippen LogP contribution >= 0.6 is 7.60 Å². The van der Waals surface area contributed by atoms with Crippen LogP contribution in [-0.4, -0.2) is 23.9 Å². The molecule has 0 radical (unpaired) electrons. The largest absolute Gasteiger partial charge is 0.334 e. The summed E-state index contributed by atoms with van der Waals surface area (Å²) >= 11 is 0. The van der Waals surface area contributed by atoms with Crippen LogP contribution in [0.25, 0.3) is 0 Å². The number of aryl methyl sites for hydroxylation is 2. The van der Waals surface area contributed by atoms with Gasteiger partial charge in [-0.15, -0.1) is 0 Å². The van der Waals surface area contributed by atoms with Crippen LogP contribution in [0.15, 0.2) is 18.7 Å². The summed E-state index contributed by atoms with van der Waals surface area (Å²) in [6, 6.07) is 0. The van der Waals surface area contributed by atoms with E-state index in [1.54, 1.807) is 0 Å². The molecule has 0 amide bonds. The lowest BCUT2D eigenvalue weighted by molar-refractivity contribution is -0.692. The van der Waals surface area contributed by atoms with E-state index in [2.05, 4.69) is 0 Å². The van der Waals surface area contributed by atoms with Gasteiger partial charge >= 0.3 is 7.60 Å². The second-order valence-electron chi connectivity index (χ2n) is 3.49. The van der Waals surface area contributed by atoms with E-state index in [9.17, 15) is 4.57 Å². The zero-order chi connectivity index (χ0) is 12.0. The molecule has 0 saturated heterocycles. The van der Waals surface area contributed by atoms with Gasteiger partial charge in [0, 0.05) is 0 Å². The summed E-state index contributed by atoms with van der Waals surface area (Å²) in [6.45, 7) is 5.11. The van der Waals surface area contributed by atoms with E-state index in [4.69, 9.17) is 9.05 Å². The van der Waals surface area contributed by atoms with Crippen LogP contribution in [-0.2, 0) is 27.2 Å². The lowest BCUT2D eigenvalue weighted by Gasteiger charge is -2.15. The minimum Gasteiger partial charge on any atom is -0.309 e. The van der Waals surface area contributed by atoms with E-state index in [1.165, 1.54) is 0 Å². The predicted octanol–water partition coefficient (Wildman–Crippen LogP) is 1.58. The molecule has 0 saturated carbocycles. The van der Waals surface area contributed by atoms with Crippen molar-refractivity contribution in [3.8, 4) is 0 Å². The zero-order valence-electron chi connectivity index (χ0n) is 10.1. The number of imidazole rings is 1. The third kappa shape index (κ3) is 4.08. The van der Waals surface area contributed by atoms with Gasteiger partial charge in [0.25, 0.3) is 0 Å². The third-order valence-electron chi connectivity index (χ3n) is 2.11. The minimum atomic E-state index is -2.91. The molecule has 16 heavy (non-hydrogen) atoms. The Balaban J connectivity index is 2.53. The Hall–Kier alpha value is -0.640. The van der Waals surface area contributed by atoms with Crippen LogP contribution in [0.2, 0.25) is 0 Å². The summed E-state index contributed by atoms with van der Waals surface area (Å²) in [4.78, 5) is 0. The number of hydrogen-bond donors (Lipinski definition) is 0. The Kier molecular flexibility index (Phi) is 5.19. The molecule has 0 fully saturated rings. The first kappa shape index (κ1) is 13.4. The van der Waals surface area contributed by atoms with E-state index in [0.717, 1.165) is 0 Å². The van der Waals surface area contributed by atoms with Gasteiger partial charge in [-0.1, -0.05) is 0 Å². The zero-order valence-corrected chi connectivity index (χ0v) is 11.0. The Morgan fingerprint density at radius 3 is 2.38 bits per heavy atom. The Bertz CT molecular complexity index is 355. The smallest absolute Gasteiger partial charge is 0.309 e. The number of rotatable bonds is 7. The molecule has 0 atom stereocenters. The van der Waals surface area contributed by atoms with E-state index in [0.29, 0.717) is 25.9 Å². The molecule has 1 rings (SSSR count). The molecular weight excluding hydrogens is 227 g/mol. The highest BCUT2D eigenvalue weighted by Crippen LogP contribution is 2.47. The fourth-order valence-electron chi connectivity index (χ4n) is 1.43.